The average Bonchev–Trinajstić information content (AvgIpc) is 2.82. The second-order valence-electron chi connectivity index (χ2n) is 4.71. The van der Waals surface area contributed by atoms with E-state index in [9.17, 15) is 0 Å². The van der Waals surface area contributed by atoms with Crippen LogP contribution in [0.4, 0.5) is 0 Å². The molecule has 1 saturated carbocycles. The summed E-state index contributed by atoms with van der Waals surface area (Å²) in [6, 6.07) is 5.71. The van der Waals surface area contributed by atoms with Crippen LogP contribution in [-0.4, -0.2) is 6.61 Å². The number of halogens is 1. The minimum Gasteiger partial charge on any atom is -0.493 e. The zero-order valence-corrected chi connectivity index (χ0v) is 10.9. The van der Waals surface area contributed by atoms with Gasteiger partial charge in [0.25, 0.3) is 0 Å². The zero-order valence-electron chi connectivity index (χ0n) is 10.1. The molecule has 0 radical (unpaired) electrons. The Hall–Kier alpha value is -0.730. The van der Waals surface area contributed by atoms with Crippen molar-refractivity contribution in [1.29, 1.82) is 0 Å². The first kappa shape index (κ1) is 12.7. The molecule has 0 bridgehead atoms. The SMILES string of the molecule is NCc1c(Cl)cccc1OCCC1CCCC1. The van der Waals surface area contributed by atoms with Crippen molar-refractivity contribution in [2.75, 3.05) is 6.61 Å². The second-order valence-corrected chi connectivity index (χ2v) is 5.12. The van der Waals surface area contributed by atoms with E-state index < -0.39 is 0 Å². The van der Waals surface area contributed by atoms with Crippen molar-refractivity contribution in [2.45, 2.75) is 38.6 Å². The van der Waals surface area contributed by atoms with Gasteiger partial charge in [-0.05, 0) is 24.5 Å². The number of nitrogens with two attached hydrogens (primary N) is 1. The maximum absolute atomic E-state index is 6.08. The van der Waals surface area contributed by atoms with Gasteiger partial charge in [-0.25, -0.2) is 0 Å². The summed E-state index contributed by atoms with van der Waals surface area (Å²) in [6.45, 7) is 1.20. The van der Waals surface area contributed by atoms with E-state index in [1.54, 1.807) is 0 Å². The molecule has 1 aliphatic rings. The molecule has 2 nitrogen and oxygen atoms in total. The number of benzene rings is 1. The van der Waals surface area contributed by atoms with Gasteiger partial charge in [-0.15, -0.1) is 0 Å². The highest BCUT2D eigenvalue weighted by molar-refractivity contribution is 6.31. The van der Waals surface area contributed by atoms with Crippen molar-refractivity contribution in [3.05, 3.63) is 28.8 Å². The molecule has 0 heterocycles. The lowest BCUT2D eigenvalue weighted by Gasteiger charge is -2.13. The molecule has 94 valence electrons. The Morgan fingerprint density at radius 2 is 2.06 bits per heavy atom. The van der Waals surface area contributed by atoms with Crippen molar-refractivity contribution in [1.82, 2.24) is 0 Å². The van der Waals surface area contributed by atoms with Crippen LogP contribution in [0.1, 0.15) is 37.7 Å². The number of hydrogen-bond acceptors (Lipinski definition) is 2. The third kappa shape index (κ3) is 3.36. The minimum absolute atomic E-state index is 0.429. The molecule has 1 aliphatic carbocycles. The molecule has 0 unspecified atom stereocenters. The Morgan fingerprint density at radius 3 is 2.76 bits per heavy atom. The van der Waals surface area contributed by atoms with Crippen molar-refractivity contribution in [2.24, 2.45) is 11.7 Å². The van der Waals surface area contributed by atoms with Crippen LogP contribution in [-0.2, 0) is 6.54 Å². The Balaban J connectivity index is 1.87. The third-order valence-electron chi connectivity index (χ3n) is 3.54. The van der Waals surface area contributed by atoms with E-state index in [4.69, 9.17) is 22.1 Å². The third-order valence-corrected chi connectivity index (χ3v) is 3.89. The fourth-order valence-corrected chi connectivity index (χ4v) is 2.75. The molecule has 0 spiro atoms. The molecule has 17 heavy (non-hydrogen) atoms. The average molecular weight is 254 g/mol. The van der Waals surface area contributed by atoms with Gasteiger partial charge in [-0.3, -0.25) is 0 Å². The summed E-state index contributed by atoms with van der Waals surface area (Å²) >= 11 is 6.08. The van der Waals surface area contributed by atoms with Crippen molar-refractivity contribution >= 4 is 11.6 Å². The summed E-state index contributed by atoms with van der Waals surface area (Å²) in [4.78, 5) is 0. The molecule has 2 N–H and O–H groups in total. The standard InChI is InChI=1S/C14H20ClNO/c15-13-6-3-7-14(12(13)10-16)17-9-8-11-4-1-2-5-11/h3,6-7,11H,1-2,4-5,8-10,16H2. The van der Waals surface area contributed by atoms with Crippen molar-refractivity contribution in [3.8, 4) is 5.75 Å². The molecule has 3 heteroatoms. The summed E-state index contributed by atoms with van der Waals surface area (Å²) in [7, 11) is 0. The smallest absolute Gasteiger partial charge is 0.125 e. The first-order chi connectivity index (χ1) is 8.31. The van der Waals surface area contributed by atoms with Gasteiger partial charge in [0.2, 0.25) is 0 Å². The fraction of sp³-hybridized carbons (Fsp3) is 0.571. The molecule has 0 aromatic heterocycles. The summed E-state index contributed by atoms with van der Waals surface area (Å²) in [5, 5.41) is 0.700. The first-order valence-corrected chi connectivity index (χ1v) is 6.79. The monoisotopic (exact) mass is 253 g/mol. The quantitative estimate of drug-likeness (QED) is 0.867. The maximum Gasteiger partial charge on any atom is 0.125 e. The van der Waals surface area contributed by atoms with Gasteiger partial charge in [0.15, 0.2) is 0 Å². The normalized spacial score (nSPS) is 16.4. The van der Waals surface area contributed by atoms with Gasteiger partial charge in [0, 0.05) is 17.1 Å². The van der Waals surface area contributed by atoms with E-state index in [0.717, 1.165) is 30.3 Å². The predicted molar refractivity (Wildman–Crippen MR) is 71.4 cm³/mol. The zero-order chi connectivity index (χ0) is 12.1. The van der Waals surface area contributed by atoms with E-state index in [2.05, 4.69) is 0 Å². The Labute approximate surface area is 108 Å². The molecule has 1 aromatic rings. The molecule has 0 atom stereocenters. The Kier molecular flexibility index (Phi) is 4.69. The second kappa shape index (κ2) is 6.27. The van der Waals surface area contributed by atoms with E-state index in [1.165, 1.54) is 25.7 Å². The van der Waals surface area contributed by atoms with Crippen LogP contribution in [0.2, 0.25) is 5.02 Å². The molecule has 2 rings (SSSR count). The molecular weight excluding hydrogens is 234 g/mol. The molecule has 1 aromatic carbocycles. The van der Waals surface area contributed by atoms with Crippen LogP contribution in [0.25, 0.3) is 0 Å². The molecule has 0 aliphatic heterocycles. The largest absolute Gasteiger partial charge is 0.493 e. The summed E-state index contributed by atoms with van der Waals surface area (Å²) in [5.41, 5.74) is 6.60. The van der Waals surface area contributed by atoms with Gasteiger partial charge in [-0.1, -0.05) is 43.4 Å². The fourth-order valence-electron chi connectivity index (χ4n) is 2.51. The van der Waals surface area contributed by atoms with Gasteiger partial charge in [-0.2, -0.15) is 0 Å². The summed E-state index contributed by atoms with van der Waals surface area (Å²) in [6.07, 6.45) is 6.65. The molecule has 1 fully saturated rings. The highest BCUT2D eigenvalue weighted by atomic mass is 35.5. The number of rotatable bonds is 5. The highest BCUT2D eigenvalue weighted by Gasteiger charge is 2.15. The first-order valence-electron chi connectivity index (χ1n) is 6.41. The van der Waals surface area contributed by atoms with Gasteiger partial charge >= 0.3 is 0 Å². The van der Waals surface area contributed by atoms with Gasteiger partial charge in [0.1, 0.15) is 5.75 Å². The molecule has 0 saturated heterocycles. The molecule has 0 amide bonds. The topological polar surface area (TPSA) is 35.2 Å². The van der Waals surface area contributed by atoms with Crippen LogP contribution < -0.4 is 10.5 Å². The number of hydrogen-bond donors (Lipinski definition) is 1. The van der Waals surface area contributed by atoms with E-state index in [-0.39, 0.29) is 0 Å². The van der Waals surface area contributed by atoms with Crippen molar-refractivity contribution < 1.29 is 4.74 Å². The minimum atomic E-state index is 0.429. The van der Waals surface area contributed by atoms with Crippen LogP contribution in [0.3, 0.4) is 0 Å². The lowest BCUT2D eigenvalue weighted by atomic mass is 10.1. The molecular formula is C14H20ClNO. The number of ether oxygens (including phenoxy) is 1. The predicted octanol–water partition coefficient (Wildman–Crippen LogP) is 3.76. The van der Waals surface area contributed by atoms with E-state index in [0.29, 0.717) is 11.6 Å². The maximum atomic E-state index is 6.08. The lowest BCUT2D eigenvalue weighted by molar-refractivity contribution is 0.277. The van der Waals surface area contributed by atoms with Crippen LogP contribution in [0.5, 0.6) is 5.75 Å². The van der Waals surface area contributed by atoms with Crippen LogP contribution in [0, 0.1) is 5.92 Å². The van der Waals surface area contributed by atoms with Crippen LogP contribution in [0.15, 0.2) is 18.2 Å². The lowest BCUT2D eigenvalue weighted by Crippen LogP contribution is -2.07. The highest BCUT2D eigenvalue weighted by Crippen LogP contribution is 2.29. The summed E-state index contributed by atoms with van der Waals surface area (Å²) in [5.74, 6) is 1.70. The van der Waals surface area contributed by atoms with Gasteiger partial charge in [0.05, 0.1) is 6.61 Å². The Bertz CT molecular complexity index is 361. The van der Waals surface area contributed by atoms with Crippen molar-refractivity contribution in [3.63, 3.8) is 0 Å². The van der Waals surface area contributed by atoms with E-state index >= 15 is 0 Å². The van der Waals surface area contributed by atoms with Crippen LogP contribution >= 0.6 is 11.6 Å². The van der Waals surface area contributed by atoms with Gasteiger partial charge < -0.3 is 10.5 Å². The Morgan fingerprint density at radius 1 is 1.29 bits per heavy atom. The summed E-state index contributed by atoms with van der Waals surface area (Å²) < 4.78 is 5.81. The van der Waals surface area contributed by atoms with E-state index in [1.807, 2.05) is 18.2 Å².